The number of aromatic nitrogens is 2. The molecule has 0 aliphatic carbocycles. The molecule has 0 fully saturated rings. The molecule has 152 valence electrons. The van der Waals surface area contributed by atoms with Gasteiger partial charge in [0, 0.05) is 23.7 Å². The minimum atomic E-state index is -1.10. The Kier molecular flexibility index (Phi) is 6.46. The number of aliphatic hydroxyl groups excluding tert-OH is 2. The number of hydrogen-bond acceptors (Lipinski definition) is 4. The highest BCUT2D eigenvalue weighted by atomic mass is 16.4. The standard InChI is InChI=1S/C23H26N2O4/c1-15(2)22-19(11-10-17(26)13-18(27)14-21(28)29)23(16-7-4-3-5-8-16)24-25-12-6-9-20(22)25/h3-12,15,17-18,26-27H,13-14H2,1-2H3,(H,28,29)/b11-10+. The lowest BCUT2D eigenvalue weighted by atomic mass is 9.93. The maximum absolute atomic E-state index is 10.7. The topological polar surface area (TPSA) is 95.1 Å². The molecular formula is C23H26N2O4. The van der Waals surface area contributed by atoms with Gasteiger partial charge >= 0.3 is 5.97 Å². The van der Waals surface area contributed by atoms with E-state index in [1.54, 1.807) is 6.08 Å². The first-order valence-corrected chi connectivity index (χ1v) is 9.69. The van der Waals surface area contributed by atoms with E-state index >= 15 is 0 Å². The van der Waals surface area contributed by atoms with Crippen LogP contribution in [0.5, 0.6) is 0 Å². The Bertz CT molecular complexity index is 1010. The second kappa shape index (κ2) is 9.03. The van der Waals surface area contributed by atoms with Crippen molar-refractivity contribution in [3.8, 4) is 11.3 Å². The molecule has 0 aliphatic heterocycles. The highest BCUT2D eigenvalue weighted by Gasteiger charge is 2.18. The van der Waals surface area contributed by atoms with Gasteiger partial charge in [0.15, 0.2) is 0 Å². The summed E-state index contributed by atoms with van der Waals surface area (Å²) < 4.78 is 1.86. The van der Waals surface area contributed by atoms with Gasteiger partial charge in [-0.25, -0.2) is 4.52 Å². The van der Waals surface area contributed by atoms with E-state index in [4.69, 9.17) is 10.2 Å². The Morgan fingerprint density at radius 1 is 1.14 bits per heavy atom. The Balaban J connectivity index is 2.05. The van der Waals surface area contributed by atoms with Crippen LogP contribution in [0.25, 0.3) is 22.9 Å². The van der Waals surface area contributed by atoms with E-state index in [0.29, 0.717) is 0 Å². The molecule has 3 aromatic rings. The summed E-state index contributed by atoms with van der Waals surface area (Å²) in [6.07, 6.45) is 2.84. The molecule has 3 rings (SSSR count). The van der Waals surface area contributed by atoms with Crippen LogP contribution in [0.15, 0.2) is 54.7 Å². The number of fused-ring (bicyclic) bond motifs is 1. The molecule has 0 aliphatic rings. The van der Waals surface area contributed by atoms with Crippen molar-refractivity contribution in [3.05, 3.63) is 65.9 Å². The normalized spacial score (nSPS) is 14.0. The van der Waals surface area contributed by atoms with Gasteiger partial charge in [-0.1, -0.05) is 56.3 Å². The lowest BCUT2D eigenvalue weighted by Gasteiger charge is -2.17. The molecule has 3 N–H and O–H groups in total. The molecule has 2 atom stereocenters. The fourth-order valence-corrected chi connectivity index (χ4v) is 3.53. The highest BCUT2D eigenvalue weighted by molar-refractivity contribution is 5.79. The third-order valence-corrected chi connectivity index (χ3v) is 4.79. The van der Waals surface area contributed by atoms with Crippen molar-refractivity contribution >= 4 is 17.6 Å². The fraction of sp³-hybridized carbons (Fsp3) is 0.304. The molecule has 0 amide bonds. The van der Waals surface area contributed by atoms with Crippen molar-refractivity contribution in [1.82, 2.24) is 9.61 Å². The molecular weight excluding hydrogens is 368 g/mol. The summed E-state index contributed by atoms with van der Waals surface area (Å²) in [4.78, 5) is 10.7. The second-order valence-electron chi connectivity index (χ2n) is 7.45. The zero-order chi connectivity index (χ0) is 21.0. The summed E-state index contributed by atoms with van der Waals surface area (Å²) in [5.74, 6) is -0.878. The molecule has 0 radical (unpaired) electrons. The number of carboxylic acids is 1. The van der Waals surface area contributed by atoms with Gasteiger partial charge in [0.2, 0.25) is 0 Å². The number of rotatable bonds is 8. The zero-order valence-electron chi connectivity index (χ0n) is 16.6. The van der Waals surface area contributed by atoms with Gasteiger partial charge in [-0.2, -0.15) is 5.10 Å². The molecule has 0 saturated carbocycles. The van der Waals surface area contributed by atoms with Crippen molar-refractivity contribution in [2.45, 2.75) is 44.8 Å². The van der Waals surface area contributed by atoms with Crippen LogP contribution in [0, 0.1) is 0 Å². The van der Waals surface area contributed by atoms with Gasteiger partial charge in [-0.3, -0.25) is 4.79 Å². The van der Waals surface area contributed by atoms with Crippen LogP contribution in [0.3, 0.4) is 0 Å². The molecule has 2 heterocycles. The van der Waals surface area contributed by atoms with Gasteiger partial charge in [0.25, 0.3) is 0 Å². The molecule has 6 heteroatoms. The molecule has 29 heavy (non-hydrogen) atoms. The van der Waals surface area contributed by atoms with E-state index in [-0.39, 0.29) is 12.3 Å². The van der Waals surface area contributed by atoms with Crippen LogP contribution in [0.1, 0.15) is 43.7 Å². The third-order valence-electron chi connectivity index (χ3n) is 4.79. The maximum atomic E-state index is 10.7. The number of aliphatic hydroxyl groups is 2. The van der Waals surface area contributed by atoms with Crippen LogP contribution in [0.2, 0.25) is 0 Å². The average Bonchev–Trinajstić information content (AvgIpc) is 3.13. The average molecular weight is 394 g/mol. The first kappa shape index (κ1) is 20.8. The lowest BCUT2D eigenvalue weighted by Crippen LogP contribution is -2.19. The zero-order valence-corrected chi connectivity index (χ0v) is 16.6. The fourth-order valence-electron chi connectivity index (χ4n) is 3.53. The first-order chi connectivity index (χ1) is 13.9. The van der Waals surface area contributed by atoms with Gasteiger partial charge in [-0.15, -0.1) is 0 Å². The molecule has 0 saturated heterocycles. The quantitative estimate of drug-likeness (QED) is 0.541. The van der Waals surface area contributed by atoms with Gasteiger partial charge in [-0.05, 0) is 23.6 Å². The predicted molar refractivity (Wildman–Crippen MR) is 113 cm³/mol. The van der Waals surface area contributed by atoms with Crippen LogP contribution in [-0.2, 0) is 4.79 Å². The molecule has 2 unspecified atom stereocenters. The minimum Gasteiger partial charge on any atom is -0.481 e. The van der Waals surface area contributed by atoms with Crippen LogP contribution in [-0.4, -0.2) is 43.1 Å². The van der Waals surface area contributed by atoms with E-state index in [9.17, 15) is 15.0 Å². The van der Waals surface area contributed by atoms with Gasteiger partial charge in [0.05, 0.1) is 29.8 Å². The Morgan fingerprint density at radius 2 is 1.86 bits per heavy atom. The van der Waals surface area contributed by atoms with E-state index in [0.717, 1.165) is 27.9 Å². The van der Waals surface area contributed by atoms with Crippen molar-refractivity contribution in [2.24, 2.45) is 0 Å². The monoisotopic (exact) mass is 394 g/mol. The molecule has 2 aromatic heterocycles. The second-order valence-corrected chi connectivity index (χ2v) is 7.45. The predicted octanol–water partition coefficient (Wildman–Crippen LogP) is 3.72. The summed E-state index contributed by atoms with van der Waals surface area (Å²) in [7, 11) is 0. The highest BCUT2D eigenvalue weighted by Crippen LogP contribution is 2.33. The Labute approximate surface area is 169 Å². The first-order valence-electron chi connectivity index (χ1n) is 9.69. The number of carboxylic acid groups (broad SMARTS) is 1. The van der Waals surface area contributed by atoms with Gasteiger partial charge < -0.3 is 15.3 Å². The lowest BCUT2D eigenvalue weighted by molar-refractivity contribution is -0.139. The van der Waals surface area contributed by atoms with Crippen molar-refractivity contribution in [2.75, 3.05) is 0 Å². The summed E-state index contributed by atoms with van der Waals surface area (Å²) >= 11 is 0. The van der Waals surface area contributed by atoms with E-state index < -0.39 is 24.6 Å². The van der Waals surface area contributed by atoms with Crippen molar-refractivity contribution in [1.29, 1.82) is 0 Å². The van der Waals surface area contributed by atoms with Crippen LogP contribution in [0.4, 0.5) is 0 Å². The molecule has 1 aromatic carbocycles. The minimum absolute atomic E-state index is 0.0404. The maximum Gasteiger partial charge on any atom is 0.305 e. The largest absolute Gasteiger partial charge is 0.481 e. The summed E-state index contributed by atoms with van der Waals surface area (Å²) in [6, 6.07) is 13.8. The van der Waals surface area contributed by atoms with Crippen molar-refractivity contribution < 1.29 is 20.1 Å². The third kappa shape index (κ3) is 4.91. The molecule has 0 bridgehead atoms. The number of nitrogens with zero attached hydrogens (tertiary/aromatic N) is 2. The number of hydrogen-bond donors (Lipinski definition) is 3. The van der Waals surface area contributed by atoms with Crippen LogP contribution >= 0.6 is 0 Å². The van der Waals surface area contributed by atoms with E-state index in [1.807, 2.05) is 59.3 Å². The van der Waals surface area contributed by atoms with E-state index in [2.05, 4.69) is 13.8 Å². The van der Waals surface area contributed by atoms with Crippen molar-refractivity contribution in [3.63, 3.8) is 0 Å². The summed E-state index contributed by atoms with van der Waals surface area (Å²) in [6.45, 7) is 4.23. The number of benzene rings is 1. The van der Waals surface area contributed by atoms with E-state index in [1.165, 1.54) is 0 Å². The van der Waals surface area contributed by atoms with Gasteiger partial charge in [0.1, 0.15) is 0 Å². The summed E-state index contributed by atoms with van der Waals surface area (Å²) in [5.41, 5.74) is 4.78. The number of aliphatic carboxylic acids is 1. The molecule has 0 spiro atoms. The molecule has 6 nitrogen and oxygen atoms in total. The smallest absolute Gasteiger partial charge is 0.305 e. The number of carbonyl (C=O) groups is 1. The Hall–Kier alpha value is -2.96. The summed E-state index contributed by atoms with van der Waals surface area (Å²) in [5, 5.41) is 33.6. The van der Waals surface area contributed by atoms with Crippen LogP contribution < -0.4 is 0 Å². The SMILES string of the molecule is CC(C)c1c(/C=C/C(O)CC(O)CC(=O)O)c(-c2ccccc2)nn2cccc12. The Morgan fingerprint density at radius 3 is 2.52 bits per heavy atom.